The summed E-state index contributed by atoms with van der Waals surface area (Å²) < 4.78 is 1.23. The normalized spacial score (nSPS) is 24.6. The van der Waals surface area contributed by atoms with Crippen LogP contribution in [0.5, 0.6) is 0 Å². The van der Waals surface area contributed by atoms with Gasteiger partial charge in [0.25, 0.3) is 0 Å². The van der Waals surface area contributed by atoms with E-state index in [2.05, 4.69) is 53.8 Å². The van der Waals surface area contributed by atoms with Crippen LogP contribution in [0, 0.1) is 15.4 Å². The number of Topliss-reactive ketones (excluding diaryl/α,β-unsaturated/α-hetero) is 1. The van der Waals surface area contributed by atoms with Gasteiger partial charge in [-0.15, -0.1) is 0 Å². The number of benzene rings is 1. The number of halogens is 1. The second kappa shape index (κ2) is 5.30. The van der Waals surface area contributed by atoms with E-state index in [0.717, 1.165) is 12.0 Å². The van der Waals surface area contributed by atoms with Crippen LogP contribution in [0.15, 0.2) is 24.3 Å². The topological polar surface area (TPSA) is 17.1 Å². The van der Waals surface area contributed by atoms with Crippen LogP contribution in [0.2, 0.25) is 0 Å². The summed E-state index contributed by atoms with van der Waals surface area (Å²) in [5, 5.41) is 0. The first-order chi connectivity index (χ1) is 7.66. The first-order valence-corrected chi connectivity index (χ1v) is 7.02. The first kappa shape index (κ1) is 12.1. The van der Waals surface area contributed by atoms with Gasteiger partial charge in [-0.2, -0.15) is 0 Å². The lowest BCUT2D eigenvalue weighted by atomic mass is 9.90. The Morgan fingerprint density at radius 2 is 2.00 bits per heavy atom. The highest BCUT2D eigenvalue weighted by Crippen LogP contribution is 2.32. The molecule has 1 aromatic rings. The number of carbonyl (C=O) groups is 1. The van der Waals surface area contributed by atoms with E-state index in [0.29, 0.717) is 24.0 Å². The number of carbonyl (C=O) groups excluding carboxylic acids is 1. The van der Waals surface area contributed by atoms with Crippen LogP contribution in [-0.2, 0) is 11.2 Å². The second-order valence-electron chi connectivity index (χ2n) is 4.78. The van der Waals surface area contributed by atoms with Crippen molar-refractivity contribution >= 4 is 28.4 Å². The molecule has 1 saturated carbocycles. The van der Waals surface area contributed by atoms with Crippen LogP contribution < -0.4 is 0 Å². The van der Waals surface area contributed by atoms with Crippen molar-refractivity contribution in [3.8, 4) is 0 Å². The zero-order chi connectivity index (χ0) is 11.5. The third-order valence-corrected chi connectivity index (χ3v) is 4.29. The predicted octanol–water partition coefficient (Wildman–Crippen LogP) is 3.84. The number of ketones is 1. The molecule has 2 rings (SSSR count). The minimum Gasteiger partial charge on any atom is -0.299 e. The lowest BCUT2D eigenvalue weighted by molar-refractivity contribution is -0.123. The second-order valence-corrected chi connectivity index (χ2v) is 6.03. The van der Waals surface area contributed by atoms with E-state index in [9.17, 15) is 4.79 Å². The summed E-state index contributed by atoms with van der Waals surface area (Å²) in [4.78, 5) is 12.1. The van der Waals surface area contributed by atoms with Crippen molar-refractivity contribution in [2.45, 2.75) is 32.6 Å². The lowest BCUT2D eigenvalue weighted by Crippen LogP contribution is -2.18. The van der Waals surface area contributed by atoms with Crippen LogP contribution in [0.3, 0.4) is 0 Å². The van der Waals surface area contributed by atoms with Crippen molar-refractivity contribution in [3.05, 3.63) is 33.4 Å². The van der Waals surface area contributed by atoms with Gasteiger partial charge in [-0.3, -0.25) is 4.79 Å². The molecule has 0 aromatic heterocycles. The quantitative estimate of drug-likeness (QED) is 0.771. The Bertz CT molecular complexity index is 369. The Morgan fingerprint density at radius 3 is 2.56 bits per heavy atom. The highest BCUT2D eigenvalue weighted by Gasteiger charge is 2.29. The van der Waals surface area contributed by atoms with Gasteiger partial charge in [0.15, 0.2) is 0 Å². The number of rotatable bonds is 3. The molecule has 16 heavy (non-hydrogen) atoms. The first-order valence-electron chi connectivity index (χ1n) is 5.94. The van der Waals surface area contributed by atoms with Crippen LogP contribution in [0.4, 0.5) is 0 Å². The van der Waals surface area contributed by atoms with Crippen LogP contribution in [0.1, 0.15) is 31.7 Å². The highest BCUT2D eigenvalue weighted by molar-refractivity contribution is 14.1. The maximum Gasteiger partial charge on any atom is 0.140 e. The Hall–Kier alpha value is -0.380. The Labute approximate surface area is 111 Å². The van der Waals surface area contributed by atoms with E-state index in [-0.39, 0.29) is 0 Å². The number of hydrogen-bond acceptors (Lipinski definition) is 1. The molecule has 0 aliphatic heterocycles. The molecule has 0 N–H and O–H groups in total. The molecular formula is C14H17IO. The molecule has 0 amide bonds. The average Bonchev–Trinajstić information content (AvgIpc) is 2.68. The average molecular weight is 328 g/mol. The van der Waals surface area contributed by atoms with E-state index < -0.39 is 0 Å². The highest BCUT2D eigenvalue weighted by atomic mass is 127. The summed E-state index contributed by atoms with van der Waals surface area (Å²) in [7, 11) is 0. The van der Waals surface area contributed by atoms with Gasteiger partial charge in [0.05, 0.1) is 0 Å². The predicted molar refractivity (Wildman–Crippen MR) is 74.4 cm³/mol. The van der Waals surface area contributed by atoms with Gasteiger partial charge in [-0.25, -0.2) is 0 Å². The summed E-state index contributed by atoms with van der Waals surface area (Å²) in [6.45, 7) is 2.21. The fraction of sp³-hybridized carbons (Fsp3) is 0.500. The van der Waals surface area contributed by atoms with Crippen molar-refractivity contribution in [2.24, 2.45) is 11.8 Å². The summed E-state index contributed by atoms with van der Waals surface area (Å²) in [5.41, 5.74) is 1.16. The van der Waals surface area contributed by atoms with Gasteiger partial charge < -0.3 is 0 Å². The minimum absolute atomic E-state index is 0.319. The molecule has 86 valence electrons. The molecule has 1 aliphatic carbocycles. The third kappa shape index (κ3) is 2.84. The molecule has 2 unspecified atom stereocenters. The van der Waals surface area contributed by atoms with E-state index >= 15 is 0 Å². The van der Waals surface area contributed by atoms with E-state index in [1.807, 2.05) is 0 Å². The van der Waals surface area contributed by atoms with Crippen molar-refractivity contribution in [1.29, 1.82) is 0 Å². The standard InChI is InChI=1S/C14H17IO/c1-10-3-2-4-13(10)14(16)9-11-5-7-12(15)8-6-11/h5-8,10,13H,2-4,9H2,1H3. The molecule has 1 nitrogen and oxygen atoms in total. The van der Waals surface area contributed by atoms with Crippen LogP contribution >= 0.6 is 22.6 Å². The zero-order valence-corrected chi connectivity index (χ0v) is 11.7. The van der Waals surface area contributed by atoms with Crippen LogP contribution in [-0.4, -0.2) is 5.78 Å². The van der Waals surface area contributed by atoms with E-state index in [1.54, 1.807) is 0 Å². The Kier molecular flexibility index (Phi) is 4.00. The van der Waals surface area contributed by atoms with Crippen LogP contribution in [0.25, 0.3) is 0 Å². The van der Waals surface area contributed by atoms with Gasteiger partial charge in [0, 0.05) is 15.9 Å². The number of hydrogen-bond donors (Lipinski definition) is 0. The van der Waals surface area contributed by atoms with E-state index in [1.165, 1.54) is 16.4 Å². The zero-order valence-electron chi connectivity index (χ0n) is 9.58. The van der Waals surface area contributed by atoms with Crippen molar-refractivity contribution < 1.29 is 4.79 Å². The maximum atomic E-state index is 12.1. The van der Waals surface area contributed by atoms with Crippen molar-refractivity contribution in [2.75, 3.05) is 0 Å². The fourth-order valence-corrected chi connectivity index (χ4v) is 2.92. The van der Waals surface area contributed by atoms with Gasteiger partial charge in [0.1, 0.15) is 5.78 Å². The molecule has 0 bridgehead atoms. The smallest absolute Gasteiger partial charge is 0.140 e. The third-order valence-electron chi connectivity index (χ3n) is 3.57. The molecule has 0 saturated heterocycles. The monoisotopic (exact) mass is 328 g/mol. The van der Waals surface area contributed by atoms with Gasteiger partial charge in [-0.1, -0.05) is 25.5 Å². The Morgan fingerprint density at radius 1 is 1.31 bits per heavy atom. The molecule has 1 aromatic carbocycles. The molecule has 2 heteroatoms. The largest absolute Gasteiger partial charge is 0.299 e. The Balaban J connectivity index is 1.99. The lowest BCUT2D eigenvalue weighted by Gasteiger charge is -2.13. The van der Waals surface area contributed by atoms with Crippen molar-refractivity contribution in [3.63, 3.8) is 0 Å². The molecule has 0 heterocycles. The van der Waals surface area contributed by atoms with E-state index in [4.69, 9.17) is 0 Å². The molecular weight excluding hydrogens is 311 g/mol. The minimum atomic E-state index is 0.319. The summed E-state index contributed by atoms with van der Waals surface area (Å²) in [6.07, 6.45) is 4.17. The molecule has 1 aliphatic rings. The fourth-order valence-electron chi connectivity index (χ4n) is 2.56. The maximum absolute atomic E-state index is 12.1. The molecule has 0 spiro atoms. The molecule has 1 fully saturated rings. The summed E-state index contributed by atoms with van der Waals surface area (Å²) >= 11 is 2.29. The SMILES string of the molecule is CC1CCCC1C(=O)Cc1ccc(I)cc1. The summed E-state index contributed by atoms with van der Waals surface area (Å²) in [6, 6.07) is 8.28. The van der Waals surface area contributed by atoms with Crippen molar-refractivity contribution in [1.82, 2.24) is 0 Å². The van der Waals surface area contributed by atoms with Gasteiger partial charge in [-0.05, 0) is 59.0 Å². The van der Waals surface area contributed by atoms with Gasteiger partial charge in [0.2, 0.25) is 0 Å². The van der Waals surface area contributed by atoms with Gasteiger partial charge >= 0.3 is 0 Å². The molecule has 2 atom stereocenters. The summed E-state index contributed by atoms with van der Waals surface area (Å²) in [5.74, 6) is 1.35. The molecule has 0 radical (unpaired) electrons.